The van der Waals surface area contributed by atoms with Gasteiger partial charge in [0.2, 0.25) is 0 Å². The summed E-state index contributed by atoms with van der Waals surface area (Å²) in [5, 5.41) is 0. The van der Waals surface area contributed by atoms with Crippen molar-refractivity contribution < 1.29 is 4.79 Å². The first-order chi connectivity index (χ1) is 8.52. The summed E-state index contributed by atoms with van der Waals surface area (Å²) in [4.78, 5) is 12.6. The molecule has 0 radical (unpaired) electrons. The molecule has 2 aromatic rings. The minimum Gasteiger partial charge on any atom is -0.289 e. The Bertz CT molecular complexity index is 561. The van der Waals surface area contributed by atoms with Crippen molar-refractivity contribution in [2.75, 3.05) is 0 Å². The number of halogens is 1. The minimum atomic E-state index is 0.0757. The third kappa shape index (κ3) is 2.25. The number of aryl methyl sites for hydroxylation is 2. The van der Waals surface area contributed by atoms with Crippen LogP contribution in [-0.4, -0.2) is 5.78 Å². The monoisotopic (exact) mass is 302 g/mol. The standard InChI is InChI=1S/C16H15BrO/c1-10-6-4-8-13(12(10)3)16(18)14-9-5-7-11(2)15(14)17/h4-9H,1-3H3. The summed E-state index contributed by atoms with van der Waals surface area (Å²) in [5.41, 5.74) is 4.77. The maximum absolute atomic E-state index is 12.6. The lowest BCUT2D eigenvalue weighted by Crippen LogP contribution is -2.06. The molecule has 0 saturated carbocycles. The molecule has 0 aliphatic carbocycles. The van der Waals surface area contributed by atoms with Crippen LogP contribution in [0.1, 0.15) is 32.6 Å². The maximum Gasteiger partial charge on any atom is 0.194 e. The number of rotatable bonds is 2. The van der Waals surface area contributed by atoms with Crippen LogP contribution in [0.25, 0.3) is 0 Å². The number of benzene rings is 2. The van der Waals surface area contributed by atoms with E-state index >= 15 is 0 Å². The van der Waals surface area contributed by atoms with E-state index in [-0.39, 0.29) is 5.78 Å². The van der Waals surface area contributed by atoms with Gasteiger partial charge in [-0.1, -0.05) is 30.3 Å². The van der Waals surface area contributed by atoms with Gasteiger partial charge in [0.15, 0.2) is 5.78 Å². The Hall–Kier alpha value is -1.41. The molecule has 0 fully saturated rings. The van der Waals surface area contributed by atoms with E-state index in [1.807, 2.05) is 57.2 Å². The summed E-state index contributed by atoms with van der Waals surface area (Å²) < 4.78 is 0.885. The van der Waals surface area contributed by atoms with Crippen molar-refractivity contribution in [2.24, 2.45) is 0 Å². The fourth-order valence-electron chi connectivity index (χ4n) is 1.96. The van der Waals surface area contributed by atoms with Gasteiger partial charge in [-0.15, -0.1) is 0 Å². The van der Waals surface area contributed by atoms with E-state index in [9.17, 15) is 4.79 Å². The Morgan fingerprint density at radius 3 is 2.11 bits per heavy atom. The lowest BCUT2D eigenvalue weighted by Gasteiger charge is -2.10. The molecule has 0 aromatic heterocycles. The normalized spacial score (nSPS) is 10.4. The van der Waals surface area contributed by atoms with Crippen LogP contribution in [0.2, 0.25) is 0 Å². The maximum atomic E-state index is 12.6. The Morgan fingerprint density at radius 1 is 0.889 bits per heavy atom. The van der Waals surface area contributed by atoms with Crippen LogP contribution in [0.3, 0.4) is 0 Å². The van der Waals surface area contributed by atoms with E-state index < -0.39 is 0 Å². The first-order valence-electron chi connectivity index (χ1n) is 5.88. The van der Waals surface area contributed by atoms with Crippen molar-refractivity contribution in [2.45, 2.75) is 20.8 Å². The zero-order valence-corrected chi connectivity index (χ0v) is 12.3. The van der Waals surface area contributed by atoms with Crippen LogP contribution in [0.5, 0.6) is 0 Å². The highest BCUT2D eigenvalue weighted by molar-refractivity contribution is 9.10. The minimum absolute atomic E-state index is 0.0757. The van der Waals surface area contributed by atoms with Crippen LogP contribution in [0, 0.1) is 20.8 Å². The molecule has 0 atom stereocenters. The Balaban J connectivity index is 2.55. The number of hydrogen-bond donors (Lipinski definition) is 0. The number of carbonyl (C=O) groups is 1. The fourth-order valence-corrected chi connectivity index (χ4v) is 2.41. The summed E-state index contributed by atoms with van der Waals surface area (Å²) >= 11 is 3.50. The molecule has 0 amide bonds. The Morgan fingerprint density at radius 2 is 1.44 bits per heavy atom. The predicted molar refractivity (Wildman–Crippen MR) is 78.2 cm³/mol. The van der Waals surface area contributed by atoms with E-state index in [0.717, 1.165) is 32.3 Å². The average Bonchev–Trinajstić information content (AvgIpc) is 2.35. The van der Waals surface area contributed by atoms with Gasteiger partial charge in [-0.05, 0) is 59.5 Å². The van der Waals surface area contributed by atoms with Gasteiger partial charge >= 0.3 is 0 Å². The first kappa shape index (κ1) is 13.0. The summed E-state index contributed by atoms with van der Waals surface area (Å²) in [7, 11) is 0. The number of ketones is 1. The lowest BCUT2D eigenvalue weighted by atomic mass is 9.95. The number of carbonyl (C=O) groups excluding carboxylic acids is 1. The van der Waals surface area contributed by atoms with Crippen LogP contribution in [0.15, 0.2) is 40.9 Å². The predicted octanol–water partition coefficient (Wildman–Crippen LogP) is 4.61. The van der Waals surface area contributed by atoms with Crippen molar-refractivity contribution in [1.29, 1.82) is 0 Å². The molecule has 0 aliphatic heterocycles. The molecule has 92 valence electrons. The largest absolute Gasteiger partial charge is 0.289 e. The van der Waals surface area contributed by atoms with E-state index in [0.29, 0.717) is 0 Å². The van der Waals surface area contributed by atoms with Crippen LogP contribution >= 0.6 is 15.9 Å². The second-order valence-electron chi connectivity index (χ2n) is 4.51. The highest BCUT2D eigenvalue weighted by Gasteiger charge is 2.15. The summed E-state index contributed by atoms with van der Waals surface area (Å²) in [6.07, 6.45) is 0. The van der Waals surface area contributed by atoms with Crippen LogP contribution < -0.4 is 0 Å². The summed E-state index contributed by atoms with van der Waals surface area (Å²) in [6, 6.07) is 11.6. The second kappa shape index (κ2) is 5.07. The van der Waals surface area contributed by atoms with Gasteiger partial charge in [-0.25, -0.2) is 0 Å². The molecule has 0 spiro atoms. The molecule has 18 heavy (non-hydrogen) atoms. The van der Waals surface area contributed by atoms with Gasteiger partial charge in [0, 0.05) is 15.6 Å². The van der Waals surface area contributed by atoms with Gasteiger partial charge in [-0.2, -0.15) is 0 Å². The van der Waals surface area contributed by atoms with Crippen molar-refractivity contribution in [3.8, 4) is 0 Å². The molecular weight excluding hydrogens is 288 g/mol. The van der Waals surface area contributed by atoms with Crippen molar-refractivity contribution >= 4 is 21.7 Å². The zero-order chi connectivity index (χ0) is 13.3. The van der Waals surface area contributed by atoms with Crippen molar-refractivity contribution in [3.05, 3.63) is 68.7 Å². The number of hydrogen-bond acceptors (Lipinski definition) is 1. The van der Waals surface area contributed by atoms with E-state index in [4.69, 9.17) is 0 Å². The molecule has 2 aromatic carbocycles. The molecule has 2 rings (SSSR count). The second-order valence-corrected chi connectivity index (χ2v) is 5.31. The highest BCUT2D eigenvalue weighted by atomic mass is 79.9. The topological polar surface area (TPSA) is 17.1 Å². The lowest BCUT2D eigenvalue weighted by molar-refractivity contribution is 0.103. The van der Waals surface area contributed by atoms with Gasteiger partial charge in [0.25, 0.3) is 0 Å². The van der Waals surface area contributed by atoms with Crippen LogP contribution in [0.4, 0.5) is 0 Å². The molecular formula is C16H15BrO. The Labute approximate surface area is 116 Å². The third-order valence-electron chi connectivity index (χ3n) is 3.29. The van der Waals surface area contributed by atoms with E-state index in [1.54, 1.807) is 0 Å². The van der Waals surface area contributed by atoms with E-state index in [1.165, 1.54) is 0 Å². The Kier molecular flexibility index (Phi) is 3.67. The van der Waals surface area contributed by atoms with Crippen molar-refractivity contribution in [3.63, 3.8) is 0 Å². The van der Waals surface area contributed by atoms with Gasteiger partial charge in [0.1, 0.15) is 0 Å². The zero-order valence-electron chi connectivity index (χ0n) is 10.8. The molecule has 0 heterocycles. The SMILES string of the molecule is Cc1cccc(C(=O)c2cccc(C)c2Br)c1C. The summed E-state index contributed by atoms with van der Waals surface area (Å²) in [5.74, 6) is 0.0757. The summed E-state index contributed by atoms with van der Waals surface area (Å²) in [6.45, 7) is 6.01. The average molecular weight is 303 g/mol. The molecule has 0 unspecified atom stereocenters. The third-order valence-corrected chi connectivity index (χ3v) is 4.34. The molecule has 0 saturated heterocycles. The molecule has 0 aliphatic rings. The fraction of sp³-hybridized carbons (Fsp3) is 0.188. The highest BCUT2D eigenvalue weighted by Crippen LogP contribution is 2.25. The smallest absolute Gasteiger partial charge is 0.194 e. The van der Waals surface area contributed by atoms with Gasteiger partial charge in [0.05, 0.1) is 0 Å². The molecule has 1 nitrogen and oxygen atoms in total. The molecule has 2 heteroatoms. The quantitative estimate of drug-likeness (QED) is 0.741. The molecule has 0 bridgehead atoms. The molecule has 0 N–H and O–H groups in total. The van der Waals surface area contributed by atoms with Gasteiger partial charge in [-0.3, -0.25) is 4.79 Å². The first-order valence-corrected chi connectivity index (χ1v) is 6.67. The van der Waals surface area contributed by atoms with Crippen molar-refractivity contribution in [1.82, 2.24) is 0 Å². The van der Waals surface area contributed by atoms with Gasteiger partial charge < -0.3 is 0 Å². The van der Waals surface area contributed by atoms with E-state index in [2.05, 4.69) is 15.9 Å². The van der Waals surface area contributed by atoms with Crippen LogP contribution in [-0.2, 0) is 0 Å².